The molecule has 0 aliphatic carbocycles. The van der Waals surface area contributed by atoms with E-state index in [0.29, 0.717) is 5.75 Å². The van der Waals surface area contributed by atoms with Crippen LogP contribution in [0.4, 0.5) is 0 Å². The third-order valence-corrected chi connectivity index (χ3v) is 2.72. The lowest BCUT2D eigenvalue weighted by molar-refractivity contribution is -0.147. The van der Waals surface area contributed by atoms with Crippen LogP contribution < -0.4 is 11.1 Å². The van der Waals surface area contributed by atoms with Gasteiger partial charge in [-0.25, -0.2) is 4.79 Å². The fourth-order valence-electron chi connectivity index (χ4n) is 0.898. The van der Waals surface area contributed by atoms with E-state index < -0.39 is 18.0 Å². The monoisotopic (exact) mass is 264 g/mol. The van der Waals surface area contributed by atoms with Crippen molar-refractivity contribution in [3.05, 3.63) is 0 Å². The first-order chi connectivity index (χ1) is 7.93. The Kier molecular flexibility index (Phi) is 8.16. The normalized spacial score (nSPS) is 11.8. The zero-order chi connectivity index (χ0) is 13.3. The molecule has 0 aromatic carbocycles. The van der Waals surface area contributed by atoms with E-state index in [0.717, 1.165) is 0 Å². The molecule has 1 atom stereocenters. The molecule has 5 N–H and O–H groups in total. The molecular weight excluding hydrogens is 248 g/mol. The van der Waals surface area contributed by atoms with E-state index in [2.05, 4.69) is 5.32 Å². The molecule has 0 aliphatic rings. The van der Waals surface area contributed by atoms with Crippen LogP contribution in [0.1, 0.15) is 12.8 Å². The lowest BCUT2D eigenvalue weighted by Gasteiger charge is -2.07. The van der Waals surface area contributed by atoms with Crippen molar-refractivity contribution < 1.29 is 24.6 Å². The van der Waals surface area contributed by atoms with Crippen LogP contribution in [-0.4, -0.2) is 52.2 Å². The molecule has 0 heterocycles. The van der Waals surface area contributed by atoms with Gasteiger partial charge in [-0.1, -0.05) is 0 Å². The number of carboxylic acids is 1. The fourth-order valence-corrected chi connectivity index (χ4v) is 1.57. The number of rotatable bonds is 9. The number of amides is 2. The van der Waals surface area contributed by atoms with E-state index in [1.54, 1.807) is 0 Å². The summed E-state index contributed by atoms with van der Waals surface area (Å²) in [6.45, 7) is 0.104. The van der Waals surface area contributed by atoms with E-state index >= 15 is 0 Å². The number of aliphatic carboxylic acids is 1. The van der Waals surface area contributed by atoms with Crippen LogP contribution >= 0.6 is 11.8 Å². The summed E-state index contributed by atoms with van der Waals surface area (Å²) >= 11 is 1.26. The molecule has 0 aromatic heterocycles. The van der Waals surface area contributed by atoms with Crippen molar-refractivity contribution in [2.75, 3.05) is 18.1 Å². The Morgan fingerprint density at radius 2 is 2.00 bits per heavy atom. The van der Waals surface area contributed by atoms with Gasteiger partial charge in [0, 0.05) is 25.1 Å². The number of nitrogens with two attached hydrogens (primary N) is 1. The van der Waals surface area contributed by atoms with E-state index in [1.807, 2.05) is 0 Å². The van der Waals surface area contributed by atoms with Crippen molar-refractivity contribution in [1.82, 2.24) is 5.32 Å². The molecule has 0 aromatic rings. The van der Waals surface area contributed by atoms with Gasteiger partial charge in [0.2, 0.25) is 11.8 Å². The van der Waals surface area contributed by atoms with Gasteiger partial charge in [0.1, 0.15) is 0 Å². The van der Waals surface area contributed by atoms with Gasteiger partial charge in [-0.2, -0.15) is 11.8 Å². The summed E-state index contributed by atoms with van der Waals surface area (Å²) < 4.78 is 0. The van der Waals surface area contributed by atoms with Gasteiger partial charge in [0.05, 0.1) is 5.75 Å². The maximum atomic E-state index is 11.2. The Morgan fingerprint density at radius 1 is 1.35 bits per heavy atom. The summed E-state index contributed by atoms with van der Waals surface area (Å²) in [5, 5.41) is 19.7. The summed E-state index contributed by atoms with van der Waals surface area (Å²) in [7, 11) is 0. The van der Waals surface area contributed by atoms with E-state index in [1.165, 1.54) is 11.8 Å². The minimum Gasteiger partial charge on any atom is -0.479 e. The lowest BCUT2D eigenvalue weighted by Crippen LogP contribution is -2.30. The molecule has 1 unspecified atom stereocenters. The molecule has 0 saturated heterocycles. The number of hydrogen-bond acceptors (Lipinski definition) is 5. The second-order valence-electron chi connectivity index (χ2n) is 3.26. The zero-order valence-corrected chi connectivity index (χ0v) is 10.0. The zero-order valence-electron chi connectivity index (χ0n) is 9.22. The minimum atomic E-state index is -1.46. The van der Waals surface area contributed by atoms with Crippen LogP contribution in [0.2, 0.25) is 0 Å². The van der Waals surface area contributed by atoms with Crippen molar-refractivity contribution >= 4 is 29.5 Å². The Balaban J connectivity index is 3.47. The van der Waals surface area contributed by atoms with Gasteiger partial charge in [0.25, 0.3) is 0 Å². The predicted octanol–water partition coefficient (Wildman–Crippen LogP) is -1.45. The molecule has 7 nitrogen and oxygen atoms in total. The largest absolute Gasteiger partial charge is 0.479 e. The highest BCUT2D eigenvalue weighted by Gasteiger charge is 2.12. The van der Waals surface area contributed by atoms with Crippen LogP contribution in [-0.2, 0) is 14.4 Å². The van der Waals surface area contributed by atoms with Gasteiger partial charge in [-0.05, 0) is 0 Å². The van der Waals surface area contributed by atoms with Gasteiger partial charge in [-0.3, -0.25) is 9.59 Å². The van der Waals surface area contributed by atoms with E-state index in [-0.39, 0.29) is 31.0 Å². The molecule has 0 spiro atoms. The number of hydrogen-bond donors (Lipinski definition) is 4. The van der Waals surface area contributed by atoms with Crippen LogP contribution in [0, 0.1) is 0 Å². The third-order valence-electron chi connectivity index (χ3n) is 1.74. The first-order valence-electron chi connectivity index (χ1n) is 4.97. The molecule has 0 bridgehead atoms. The average Bonchev–Trinajstić information content (AvgIpc) is 2.23. The summed E-state index contributed by atoms with van der Waals surface area (Å²) in [4.78, 5) is 31.8. The molecule has 98 valence electrons. The number of aliphatic hydroxyl groups is 1. The smallest absolute Gasteiger partial charge is 0.332 e. The first kappa shape index (κ1) is 15.7. The fraction of sp³-hybridized carbons (Fsp3) is 0.667. The highest BCUT2D eigenvalue weighted by atomic mass is 32.2. The van der Waals surface area contributed by atoms with E-state index in [9.17, 15) is 14.4 Å². The first-order valence-corrected chi connectivity index (χ1v) is 6.12. The molecule has 0 fully saturated rings. The Hall–Kier alpha value is -1.28. The number of carbonyl (C=O) groups is 3. The van der Waals surface area contributed by atoms with Gasteiger partial charge < -0.3 is 21.3 Å². The number of aliphatic hydroxyl groups excluding tert-OH is 1. The number of nitrogens with one attached hydrogen (secondary N) is 1. The molecule has 17 heavy (non-hydrogen) atoms. The molecule has 8 heteroatoms. The van der Waals surface area contributed by atoms with Crippen LogP contribution in [0.25, 0.3) is 0 Å². The highest BCUT2D eigenvalue weighted by molar-refractivity contribution is 7.99. The second kappa shape index (κ2) is 8.82. The Morgan fingerprint density at radius 3 is 2.53 bits per heavy atom. The predicted molar refractivity (Wildman–Crippen MR) is 62.4 cm³/mol. The molecule has 2 amide bonds. The number of carbonyl (C=O) groups excluding carboxylic acids is 2. The number of carboxylic acid groups (broad SMARTS) is 1. The van der Waals surface area contributed by atoms with Gasteiger partial charge in [0.15, 0.2) is 6.10 Å². The van der Waals surface area contributed by atoms with Crippen LogP contribution in [0.3, 0.4) is 0 Å². The second-order valence-corrected chi connectivity index (χ2v) is 4.37. The van der Waals surface area contributed by atoms with Crippen molar-refractivity contribution in [3.8, 4) is 0 Å². The maximum Gasteiger partial charge on any atom is 0.332 e. The molecule has 0 radical (unpaired) electrons. The van der Waals surface area contributed by atoms with Crippen LogP contribution in [0.15, 0.2) is 0 Å². The minimum absolute atomic E-state index is 0.0322. The van der Waals surface area contributed by atoms with Crippen molar-refractivity contribution in [2.45, 2.75) is 18.9 Å². The maximum absolute atomic E-state index is 11.2. The Labute approximate surface area is 103 Å². The Bertz CT molecular complexity index is 285. The number of primary amides is 1. The topological polar surface area (TPSA) is 130 Å². The van der Waals surface area contributed by atoms with Crippen molar-refractivity contribution in [3.63, 3.8) is 0 Å². The standard InChI is InChI=1S/C9H16N2O5S/c10-7(13)5-17-4-2-8(14)11-3-1-6(12)9(15)16/h6,12H,1-5H2,(H2,10,13)(H,11,14)(H,15,16). The highest BCUT2D eigenvalue weighted by Crippen LogP contribution is 2.01. The molecule has 0 saturated carbocycles. The quantitative estimate of drug-likeness (QED) is 0.377. The van der Waals surface area contributed by atoms with E-state index in [4.69, 9.17) is 15.9 Å². The summed E-state index contributed by atoms with van der Waals surface area (Å²) in [5.74, 6) is -1.35. The SMILES string of the molecule is NC(=O)CSCCC(=O)NCCC(O)C(=O)O. The molecule has 0 aliphatic heterocycles. The van der Waals surface area contributed by atoms with Crippen molar-refractivity contribution in [2.24, 2.45) is 5.73 Å². The summed E-state index contributed by atoms with van der Waals surface area (Å²) in [6, 6.07) is 0. The molecular formula is C9H16N2O5S. The summed E-state index contributed by atoms with van der Waals surface area (Å²) in [6.07, 6.45) is -1.27. The average molecular weight is 264 g/mol. The number of thioether (sulfide) groups is 1. The lowest BCUT2D eigenvalue weighted by atomic mass is 10.2. The third kappa shape index (κ3) is 9.64. The van der Waals surface area contributed by atoms with Gasteiger partial charge >= 0.3 is 5.97 Å². The molecule has 0 rings (SSSR count). The van der Waals surface area contributed by atoms with Crippen LogP contribution in [0.5, 0.6) is 0 Å². The summed E-state index contributed by atoms with van der Waals surface area (Å²) in [5.41, 5.74) is 4.91. The van der Waals surface area contributed by atoms with Crippen molar-refractivity contribution in [1.29, 1.82) is 0 Å². The van der Waals surface area contributed by atoms with Gasteiger partial charge in [-0.15, -0.1) is 0 Å².